The van der Waals surface area contributed by atoms with Gasteiger partial charge in [0.1, 0.15) is 6.23 Å². The van der Waals surface area contributed by atoms with Crippen LogP contribution in [0.3, 0.4) is 0 Å². The molecule has 6 nitrogen and oxygen atoms in total. The maximum Gasteiger partial charge on any atom is 0.157 e. The van der Waals surface area contributed by atoms with E-state index in [0.29, 0.717) is 6.42 Å². The standard InChI is InChI=1S/C23H43NO5/c25-16-22-24(13-11-23(27)29-22)12-2-1-3-14-28-17-18-7-9-19(10-8-18)20-5-4-6-21(26)15-20/h18-23,25-27H,1-17H2. The summed E-state index contributed by atoms with van der Waals surface area (Å²) in [6.45, 7) is 3.37. The Morgan fingerprint density at radius 3 is 2.48 bits per heavy atom. The van der Waals surface area contributed by atoms with Gasteiger partial charge in [-0.2, -0.15) is 0 Å². The van der Waals surface area contributed by atoms with Crippen molar-refractivity contribution >= 4 is 0 Å². The summed E-state index contributed by atoms with van der Waals surface area (Å²) in [5.74, 6) is 2.32. The molecule has 1 saturated heterocycles. The van der Waals surface area contributed by atoms with Crippen LogP contribution in [0.25, 0.3) is 0 Å². The minimum atomic E-state index is -0.735. The van der Waals surface area contributed by atoms with E-state index >= 15 is 0 Å². The predicted octanol–water partition coefficient (Wildman–Crippen LogP) is 2.89. The Labute approximate surface area is 176 Å². The molecule has 2 saturated carbocycles. The van der Waals surface area contributed by atoms with Crippen LogP contribution in [0, 0.1) is 17.8 Å². The third-order valence-corrected chi connectivity index (χ3v) is 7.37. The van der Waals surface area contributed by atoms with Gasteiger partial charge < -0.3 is 24.8 Å². The van der Waals surface area contributed by atoms with Crippen molar-refractivity contribution < 1.29 is 24.8 Å². The summed E-state index contributed by atoms with van der Waals surface area (Å²) in [7, 11) is 0. The van der Waals surface area contributed by atoms with Gasteiger partial charge in [0.2, 0.25) is 0 Å². The summed E-state index contributed by atoms with van der Waals surface area (Å²) in [5, 5.41) is 28.8. The third kappa shape index (κ3) is 7.75. The van der Waals surface area contributed by atoms with Crippen molar-refractivity contribution in [1.29, 1.82) is 0 Å². The van der Waals surface area contributed by atoms with E-state index in [1.165, 1.54) is 38.5 Å². The first kappa shape index (κ1) is 23.4. The number of unbranched alkanes of at least 4 members (excludes halogenated alkanes) is 2. The van der Waals surface area contributed by atoms with Crippen molar-refractivity contribution in [2.45, 2.75) is 95.7 Å². The maximum atomic E-state index is 9.93. The summed E-state index contributed by atoms with van der Waals surface area (Å²) in [4.78, 5) is 2.12. The third-order valence-electron chi connectivity index (χ3n) is 7.37. The highest BCUT2D eigenvalue weighted by Gasteiger charge is 2.31. The van der Waals surface area contributed by atoms with E-state index in [0.717, 1.165) is 76.2 Å². The largest absolute Gasteiger partial charge is 0.393 e. The van der Waals surface area contributed by atoms with Gasteiger partial charge in [-0.3, -0.25) is 4.90 Å². The van der Waals surface area contributed by atoms with E-state index in [4.69, 9.17) is 9.47 Å². The fraction of sp³-hybridized carbons (Fsp3) is 1.00. The molecule has 170 valence electrons. The Bertz CT molecular complexity index is 443. The fourth-order valence-electron chi connectivity index (χ4n) is 5.57. The van der Waals surface area contributed by atoms with Crippen molar-refractivity contribution in [3.05, 3.63) is 0 Å². The van der Waals surface area contributed by atoms with Gasteiger partial charge >= 0.3 is 0 Å². The number of aliphatic hydroxyl groups is 3. The van der Waals surface area contributed by atoms with Crippen molar-refractivity contribution in [2.75, 3.05) is 32.9 Å². The number of aliphatic hydroxyl groups excluding tert-OH is 3. The van der Waals surface area contributed by atoms with Crippen LogP contribution >= 0.6 is 0 Å². The highest BCUT2D eigenvalue weighted by atomic mass is 16.6. The van der Waals surface area contributed by atoms with E-state index in [-0.39, 0.29) is 18.9 Å². The first-order chi connectivity index (χ1) is 14.2. The van der Waals surface area contributed by atoms with Crippen LogP contribution in [0.2, 0.25) is 0 Å². The smallest absolute Gasteiger partial charge is 0.157 e. The Hall–Kier alpha value is -0.240. The van der Waals surface area contributed by atoms with E-state index in [1.807, 2.05) is 0 Å². The molecule has 0 bridgehead atoms. The van der Waals surface area contributed by atoms with Gasteiger partial charge in [0.15, 0.2) is 6.29 Å². The zero-order valence-corrected chi connectivity index (χ0v) is 18.1. The quantitative estimate of drug-likeness (QED) is 0.478. The zero-order chi connectivity index (χ0) is 20.5. The monoisotopic (exact) mass is 413 g/mol. The molecule has 0 aromatic heterocycles. The second-order valence-electron chi connectivity index (χ2n) is 9.55. The van der Waals surface area contributed by atoms with Crippen LogP contribution in [0.15, 0.2) is 0 Å². The molecule has 0 radical (unpaired) electrons. The van der Waals surface area contributed by atoms with Gasteiger partial charge in [0.25, 0.3) is 0 Å². The maximum absolute atomic E-state index is 9.93. The molecular weight excluding hydrogens is 370 g/mol. The van der Waals surface area contributed by atoms with Gasteiger partial charge in [-0.1, -0.05) is 6.42 Å². The molecule has 1 aliphatic heterocycles. The zero-order valence-electron chi connectivity index (χ0n) is 18.1. The molecule has 0 amide bonds. The van der Waals surface area contributed by atoms with Gasteiger partial charge in [-0.25, -0.2) is 0 Å². The van der Waals surface area contributed by atoms with Crippen LogP contribution in [-0.4, -0.2) is 71.8 Å². The SMILES string of the molecule is OCC1OC(O)CCN1CCCCCOCC1CCC(C2CCCC(O)C2)CC1. The lowest BCUT2D eigenvalue weighted by molar-refractivity contribution is -0.227. The summed E-state index contributed by atoms with van der Waals surface area (Å²) in [6.07, 6.45) is 12.6. The number of hydrogen-bond acceptors (Lipinski definition) is 6. The Morgan fingerprint density at radius 1 is 0.897 bits per heavy atom. The van der Waals surface area contributed by atoms with E-state index in [1.54, 1.807) is 0 Å². The lowest BCUT2D eigenvalue weighted by Gasteiger charge is -2.37. The first-order valence-corrected chi connectivity index (χ1v) is 12.1. The summed E-state index contributed by atoms with van der Waals surface area (Å²) in [5.41, 5.74) is 0. The number of rotatable bonds is 10. The van der Waals surface area contributed by atoms with E-state index < -0.39 is 6.29 Å². The second-order valence-corrected chi connectivity index (χ2v) is 9.55. The van der Waals surface area contributed by atoms with Crippen LogP contribution in [0.1, 0.15) is 77.0 Å². The molecule has 0 aromatic rings. The van der Waals surface area contributed by atoms with Gasteiger partial charge in [-0.05, 0) is 82.0 Å². The van der Waals surface area contributed by atoms with Gasteiger partial charge in [0.05, 0.1) is 12.7 Å². The van der Waals surface area contributed by atoms with Crippen molar-refractivity contribution in [3.8, 4) is 0 Å². The minimum Gasteiger partial charge on any atom is -0.393 e. The normalized spacial score (nSPS) is 36.9. The topological polar surface area (TPSA) is 82.4 Å². The van der Waals surface area contributed by atoms with Gasteiger partial charge in [-0.15, -0.1) is 0 Å². The molecule has 3 fully saturated rings. The Kier molecular flexibility index (Phi) is 10.2. The molecule has 0 spiro atoms. The molecule has 3 aliphatic rings. The highest BCUT2D eigenvalue weighted by molar-refractivity contribution is 4.82. The van der Waals surface area contributed by atoms with E-state index in [2.05, 4.69) is 4.90 Å². The molecule has 3 rings (SSSR count). The van der Waals surface area contributed by atoms with Crippen LogP contribution in [0.4, 0.5) is 0 Å². The van der Waals surface area contributed by atoms with Gasteiger partial charge in [0, 0.05) is 32.7 Å². The van der Waals surface area contributed by atoms with E-state index in [9.17, 15) is 15.3 Å². The molecule has 6 heteroatoms. The second kappa shape index (κ2) is 12.6. The number of ether oxygens (including phenoxy) is 2. The first-order valence-electron chi connectivity index (χ1n) is 12.1. The molecular formula is C23H43NO5. The molecule has 4 atom stereocenters. The average molecular weight is 414 g/mol. The van der Waals surface area contributed by atoms with Crippen LogP contribution in [0.5, 0.6) is 0 Å². The number of nitrogens with zero attached hydrogens (tertiary/aromatic N) is 1. The summed E-state index contributed by atoms with van der Waals surface area (Å²) >= 11 is 0. The molecule has 0 aromatic carbocycles. The predicted molar refractivity (Wildman–Crippen MR) is 112 cm³/mol. The molecule has 1 heterocycles. The fourth-order valence-corrected chi connectivity index (χ4v) is 5.57. The summed E-state index contributed by atoms with van der Waals surface area (Å²) in [6, 6.07) is 0. The molecule has 29 heavy (non-hydrogen) atoms. The molecule has 3 N–H and O–H groups in total. The lowest BCUT2D eigenvalue weighted by atomic mass is 9.70. The Balaban J connectivity index is 1.18. The average Bonchev–Trinajstić information content (AvgIpc) is 2.74. The van der Waals surface area contributed by atoms with Crippen molar-refractivity contribution in [1.82, 2.24) is 4.90 Å². The van der Waals surface area contributed by atoms with Crippen LogP contribution < -0.4 is 0 Å². The minimum absolute atomic E-state index is 0.0432. The molecule has 4 unspecified atom stereocenters. The number of hydrogen-bond donors (Lipinski definition) is 3. The van der Waals surface area contributed by atoms with Crippen LogP contribution in [-0.2, 0) is 9.47 Å². The van der Waals surface area contributed by atoms with Crippen molar-refractivity contribution in [2.24, 2.45) is 17.8 Å². The summed E-state index contributed by atoms with van der Waals surface area (Å²) < 4.78 is 11.3. The highest BCUT2D eigenvalue weighted by Crippen LogP contribution is 2.40. The van der Waals surface area contributed by atoms with Crippen molar-refractivity contribution in [3.63, 3.8) is 0 Å². The Morgan fingerprint density at radius 2 is 1.72 bits per heavy atom. The lowest BCUT2D eigenvalue weighted by Crippen LogP contribution is -2.48. The molecule has 2 aliphatic carbocycles.